The zero-order chi connectivity index (χ0) is 14.3. The van der Waals surface area contributed by atoms with Crippen LogP contribution in [0.25, 0.3) is 0 Å². The van der Waals surface area contributed by atoms with E-state index < -0.39 is 21.9 Å². The standard InChI is InChI=1S/C14H10N2O4/c17-15(18)13-9-5-1-2-6-10(9)14(16(19)20)12-8-4-3-7-11(12)13/h1-8,13-14H. The van der Waals surface area contributed by atoms with Crippen LogP contribution in [-0.4, -0.2) is 9.85 Å². The second-order valence-corrected chi connectivity index (χ2v) is 4.63. The molecule has 0 saturated carbocycles. The van der Waals surface area contributed by atoms with Crippen LogP contribution in [0.5, 0.6) is 0 Å². The summed E-state index contributed by atoms with van der Waals surface area (Å²) in [7, 11) is 0. The zero-order valence-electron chi connectivity index (χ0n) is 10.3. The van der Waals surface area contributed by atoms with E-state index in [-0.39, 0.29) is 0 Å². The van der Waals surface area contributed by atoms with Crippen molar-refractivity contribution < 1.29 is 9.85 Å². The van der Waals surface area contributed by atoms with E-state index in [0.717, 1.165) is 0 Å². The first-order chi connectivity index (χ1) is 9.61. The monoisotopic (exact) mass is 270 g/mol. The van der Waals surface area contributed by atoms with Crippen LogP contribution in [-0.2, 0) is 0 Å². The highest BCUT2D eigenvalue weighted by Crippen LogP contribution is 2.43. The molecule has 0 spiro atoms. The van der Waals surface area contributed by atoms with Gasteiger partial charge in [0.2, 0.25) is 0 Å². The van der Waals surface area contributed by atoms with Crippen molar-refractivity contribution in [2.45, 2.75) is 12.1 Å². The Hall–Kier alpha value is -2.76. The van der Waals surface area contributed by atoms with Gasteiger partial charge in [0.25, 0.3) is 12.1 Å². The third-order valence-corrected chi connectivity index (χ3v) is 3.59. The lowest BCUT2D eigenvalue weighted by Crippen LogP contribution is -2.26. The summed E-state index contributed by atoms with van der Waals surface area (Å²) in [4.78, 5) is 22.0. The predicted octanol–water partition coefficient (Wildman–Crippen LogP) is 2.73. The Morgan fingerprint density at radius 3 is 1.10 bits per heavy atom. The van der Waals surface area contributed by atoms with Crippen LogP contribution in [0.15, 0.2) is 48.5 Å². The van der Waals surface area contributed by atoms with Crippen molar-refractivity contribution in [3.05, 3.63) is 91.0 Å². The molecule has 0 bridgehead atoms. The lowest BCUT2D eigenvalue weighted by molar-refractivity contribution is -0.531. The third-order valence-electron chi connectivity index (χ3n) is 3.59. The van der Waals surface area contributed by atoms with Gasteiger partial charge in [0.15, 0.2) is 0 Å². The van der Waals surface area contributed by atoms with Crippen molar-refractivity contribution in [3.63, 3.8) is 0 Å². The maximum absolute atomic E-state index is 11.4. The van der Waals surface area contributed by atoms with E-state index >= 15 is 0 Å². The molecule has 0 unspecified atom stereocenters. The minimum absolute atomic E-state index is 0.395. The number of hydrogen-bond donors (Lipinski definition) is 0. The molecule has 2 aromatic rings. The summed E-state index contributed by atoms with van der Waals surface area (Å²) in [6, 6.07) is 11.0. The molecular weight excluding hydrogens is 260 g/mol. The second-order valence-electron chi connectivity index (χ2n) is 4.63. The fourth-order valence-corrected chi connectivity index (χ4v) is 2.81. The maximum atomic E-state index is 11.4. The van der Waals surface area contributed by atoms with E-state index in [0.29, 0.717) is 22.3 Å². The number of fused-ring (bicyclic) bond motifs is 2. The summed E-state index contributed by atoms with van der Waals surface area (Å²) in [5.74, 6) is 0. The third kappa shape index (κ3) is 1.65. The number of rotatable bonds is 2. The molecule has 20 heavy (non-hydrogen) atoms. The van der Waals surface area contributed by atoms with Gasteiger partial charge in [-0.3, -0.25) is 20.2 Å². The molecule has 0 amide bonds. The van der Waals surface area contributed by atoms with E-state index in [2.05, 4.69) is 0 Å². The molecule has 1 aliphatic carbocycles. The van der Waals surface area contributed by atoms with Crippen molar-refractivity contribution >= 4 is 0 Å². The van der Waals surface area contributed by atoms with E-state index in [1.807, 2.05) is 0 Å². The van der Waals surface area contributed by atoms with Gasteiger partial charge in [-0.15, -0.1) is 0 Å². The summed E-state index contributed by atoms with van der Waals surface area (Å²) < 4.78 is 0. The van der Waals surface area contributed by atoms with Crippen molar-refractivity contribution in [1.29, 1.82) is 0 Å². The smallest absolute Gasteiger partial charge is 0.264 e. The van der Waals surface area contributed by atoms with Gasteiger partial charge < -0.3 is 0 Å². The highest BCUT2D eigenvalue weighted by molar-refractivity contribution is 5.49. The van der Waals surface area contributed by atoms with Gasteiger partial charge in [0.1, 0.15) is 0 Å². The normalized spacial score (nSPS) is 19.8. The molecule has 0 aliphatic heterocycles. The molecule has 0 fully saturated rings. The Bertz CT molecular complexity index is 606. The number of hydrogen-bond acceptors (Lipinski definition) is 4. The first-order valence-electron chi connectivity index (χ1n) is 6.06. The molecule has 0 saturated heterocycles. The van der Waals surface area contributed by atoms with E-state index in [1.165, 1.54) is 0 Å². The highest BCUT2D eigenvalue weighted by atomic mass is 16.6. The minimum atomic E-state index is -1.04. The van der Waals surface area contributed by atoms with Crippen LogP contribution < -0.4 is 0 Å². The first kappa shape index (κ1) is 12.3. The fourth-order valence-electron chi connectivity index (χ4n) is 2.81. The lowest BCUT2D eigenvalue weighted by Gasteiger charge is -2.24. The Labute approximate surface area is 114 Å². The van der Waals surface area contributed by atoms with Crippen molar-refractivity contribution in [2.75, 3.05) is 0 Å². The molecular formula is C14H10N2O4. The molecule has 0 radical (unpaired) electrons. The van der Waals surface area contributed by atoms with E-state index in [1.54, 1.807) is 48.5 Å². The molecule has 0 aromatic heterocycles. The molecule has 2 aromatic carbocycles. The number of benzene rings is 2. The van der Waals surface area contributed by atoms with Gasteiger partial charge >= 0.3 is 0 Å². The van der Waals surface area contributed by atoms with Gasteiger partial charge in [-0.25, -0.2) is 0 Å². The first-order valence-corrected chi connectivity index (χ1v) is 6.06. The highest BCUT2D eigenvalue weighted by Gasteiger charge is 2.43. The molecule has 0 atom stereocenters. The van der Waals surface area contributed by atoms with Gasteiger partial charge in [-0.05, 0) is 0 Å². The topological polar surface area (TPSA) is 86.3 Å². The van der Waals surface area contributed by atoms with Gasteiger partial charge in [0, 0.05) is 32.1 Å². The van der Waals surface area contributed by atoms with Crippen LogP contribution in [0.4, 0.5) is 0 Å². The van der Waals surface area contributed by atoms with Crippen LogP contribution >= 0.6 is 0 Å². The molecule has 6 nitrogen and oxygen atoms in total. The van der Waals surface area contributed by atoms with Crippen LogP contribution in [0, 0.1) is 20.2 Å². The summed E-state index contributed by atoms with van der Waals surface area (Å²) in [5.41, 5.74) is 1.60. The second kappa shape index (κ2) is 4.41. The quantitative estimate of drug-likeness (QED) is 0.620. The molecule has 0 N–H and O–H groups in total. The minimum Gasteiger partial charge on any atom is -0.264 e. The fraction of sp³-hybridized carbons (Fsp3) is 0.143. The number of nitrogens with zero attached hydrogens (tertiary/aromatic N) is 2. The van der Waals surface area contributed by atoms with Crippen LogP contribution in [0.2, 0.25) is 0 Å². The van der Waals surface area contributed by atoms with E-state index in [9.17, 15) is 20.2 Å². The SMILES string of the molecule is O=[N+]([O-])C1c2ccccc2C([N+](=O)[O-])c2ccccc21. The largest absolute Gasteiger partial charge is 0.264 e. The van der Waals surface area contributed by atoms with Crippen LogP contribution in [0.3, 0.4) is 0 Å². The summed E-state index contributed by atoms with van der Waals surface area (Å²) in [6.45, 7) is 0. The van der Waals surface area contributed by atoms with Crippen molar-refractivity contribution in [2.24, 2.45) is 0 Å². The average molecular weight is 270 g/mol. The average Bonchev–Trinajstić information content (AvgIpc) is 2.43. The Morgan fingerprint density at radius 2 is 0.900 bits per heavy atom. The summed E-state index contributed by atoms with van der Waals surface area (Å²) in [5, 5.41) is 22.8. The Kier molecular flexibility index (Phi) is 2.71. The van der Waals surface area contributed by atoms with Gasteiger partial charge in [0.05, 0.1) is 0 Å². The predicted molar refractivity (Wildman–Crippen MR) is 70.6 cm³/mol. The molecule has 6 heteroatoms. The molecule has 100 valence electrons. The number of nitro groups is 2. The maximum Gasteiger partial charge on any atom is 0.264 e. The Morgan fingerprint density at radius 1 is 0.650 bits per heavy atom. The summed E-state index contributed by atoms with van der Waals surface area (Å²) in [6.07, 6.45) is 0. The van der Waals surface area contributed by atoms with Crippen molar-refractivity contribution in [3.8, 4) is 0 Å². The lowest BCUT2D eigenvalue weighted by atomic mass is 9.80. The van der Waals surface area contributed by atoms with Gasteiger partial charge in [-0.1, -0.05) is 48.5 Å². The Balaban J connectivity index is 2.34. The van der Waals surface area contributed by atoms with Crippen LogP contribution in [0.1, 0.15) is 34.3 Å². The summed E-state index contributed by atoms with van der Waals surface area (Å²) >= 11 is 0. The molecule has 3 rings (SSSR count). The van der Waals surface area contributed by atoms with E-state index in [4.69, 9.17) is 0 Å². The van der Waals surface area contributed by atoms with Crippen molar-refractivity contribution in [1.82, 2.24) is 0 Å². The molecule has 0 heterocycles. The molecule has 1 aliphatic rings. The zero-order valence-corrected chi connectivity index (χ0v) is 10.3. The van der Waals surface area contributed by atoms with Gasteiger partial charge in [-0.2, -0.15) is 0 Å².